The zero-order chi connectivity index (χ0) is 15.2. The minimum absolute atomic E-state index is 0.529. The lowest BCUT2D eigenvalue weighted by atomic mass is 9.99. The second-order valence-electron chi connectivity index (χ2n) is 6.59. The summed E-state index contributed by atoms with van der Waals surface area (Å²) in [5.74, 6) is 0.769. The van der Waals surface area contributed by atoms with E-state index in [0.29, 0.717) is 6.04 Å². The van der Waals surface area contributed by atoms with Gasteiger partial charge in [-0.15, -0.1) is 0 Å². The van der Waals surface area contributed by atoms with Crippen LogP contribution in [0.25, 0.3) is 0 Å². The van der Waals surface area contributed by atoms with Gasteiger partial charge < -0.3 is 15.0 Å². The van der Waals surface area contributed by atoms with Crippen molar-refractivity contribution in [3.63, 3.8) is 0 Å². The van der Waals surface area contributed by atoms with E-state index in [-0.39, 0.29) is 0 Å². The lowest BCUT2D eigenvalue weighted by Crippen LogP contribution is -2.30. The molecule has 1 aromatic rings. The predicted molar refractivity (Wildman–Crippen MR) is 90.0 cm³/mol. The average molecular weight is 290 g/mol. The number of rotatable bonds is 6. The Morgan fingerprint density at radius 3 is 2.62 bits per heavy atom. The van der Waals surface area contributed by atoms with E-state index in [4.69, 9.17) is 4.74 Å². The second kappa shape index (κ2) is 7.81. The van der Waals surface area contributed by atoms with Gasteiger partial charge >= 0.3 is 0 Å². The van der Waals surface area contributed by atoms with Crippen molar-refractivity contribution in [1.82, 2.24) is 5.32 Å². The van der Waals surface area contributed by atoms with E-state index >= 15 is 0 Å². The molecule has 3 heteroatoms. The van der Waals surface area contributed by atoms with Crippen molar-refractivity contribution in [3.8, 4) is 0 Å². The maximum absolute atomic E-state index is 5.45. The van der Waals surface area contributed by atoms with E-state index in [2.05, 4.69) is 56.2 Å². The number of ether oxygens (including phenoxy) is 1. The van der Waals surface area contributed by atoms with E-state index in [9.17, 15) is 0 Å². The van der Waals surface area contributed by atoms with Gasteiger partial charge in [-0.25, -0.2) is 0 Å². The van der Waals surface area contributed by atoms with Gasteiger partial charge in [0.25, 0.3) is 0 Å². The Kier molecular flexibility index (Phi) is 6.07. The summed E-state index contributed by atoms with van der Waals surface area (Å²) >= 11 is 0. The molecule has 0 amide bonds. The minimum Gasteiger partial charge on any atom is -0.381 e. The minimum atomic E-state index is 0.529. The van der Waals surface area contributed by atoms with Crippen molar-refractivity contribution < 1.29 is 4.74 Å². The second-order valence-corrected chi connectivity index (χ2v) is 6.59. The van der Waals surface area contributed by atoms with Gasteiger partial charge in [-0.1, -0.05) is 26.0 Å². The van der Waals surface area contributed by atoms with Crippen LogP contribution < -0.4 is 10.2 Å². The van der Waals surface area contributed by atoms with Gasteiger partial charge in [0.05, 0.1) is 0 Å². The lowest BCUT2D eigenvalue weighted by molar-refractivity contribution is 0.0685. The number of nitrogens with zero attached hydrogens (tertiary/aromatic N) is 1. The SMILES string of the molecule is Cc1cc(CNC(C)C)ccc1N(C)CC1CCOCC1. The summed E-state index contributed by atoms with van der Waals surface area (Å²) in [6.07, 6.45) is 2.39. The third-order valence-electron chi connectivity index (χ3n) is 4.26. The molecule has 3 nitrogen and oxygen atoms in total. The first-order valence-corrected chi connectivity index (χ1v) is 8.18. The molecule has 21 heavy (non-hydrogen) atoms. The summed E-state index contributed by atoms with van der Waals surface area (Å²) in [6, 6.07) is 7.36. The van der Waals surface area contributed by atoms with Crippen LogP contribution in [0.5, 0.6) is 0 Å². The van der Waals surface area contributed by atoms with Gasteiger partial charge in [0.2, 0.25) is 0 Å². The molecule has 0 spiro atoms. The summed E-state index contributed by atoms with van der Waals surface area (Å²) in [6.45, 7) is 10.5. The van der Waals surface area contributed by atoms with Gasteiger partial charge in [-0.3, -0.25) is 0 Å². The maximum atomic E-state index is 5.45. The number of nitrogens with one attached hydrogen (secondary N) is 1. The Labute approximate surface area is 129 Å². The van der Waals surface area contributed by atoms with Crippen molar-refractivity contribution in [2.45, 2.75) is 46.2 Å². The Morgan fingerprint density at radius 1 is 1.29 bits per heavy atom. The van der Waals surface area contributed by atoms with E-state index in [1.165, 1.54) is 29.7 Å². The molecule has 1 aliphatic heterocycles. The Balaban J connectivity index is 1.95. The number of benzene rings is 1. The van der Waals surface area contributed by atoms with Crippen LogP contribution in [0.4, 0.5) is 5.69 Å². The summed E-state index contributed by atoms with van der Waals surface area (Å²) in [7, 11) is 2.21. The molecule has 0 bridgehead atoms. The number of hydrogen-bond acceptors (Lipinski definition) is 3. The Morgan fingerprint density at radius 2 is 2.00 bits per heavy atom. The Hall–Kier alpha value is -1.06. The van der Waals surface area contributed by atoms with Gasteiger partial charge in [0.1, 0.15) is 0 Å². The highest BCUT2D eigenvalue weighted by Crippen LogP contribution is 2.23. The highest BCUT2D eigenvalue weighted by Gasteiger charge is 2.16. The zero-order valence-electron chi connectivity index (χ0n) is 14.0. The molecular formula is C18H30N2O. The molecule has 0 unspecified atom stereocenters. The fraction of sp³-hybridized carbons (Fsp3) is 0.667. The summed E-state index contributed by atoms with van der Waals surface area (Å²) < 4.78 is 5.45. The standard InChI is InChI=1S/C18H30N2O/c1-14(2)19-12-17-5-6-18(15(3)11-17)20(4)13-16-7-9-21-10-8-16/h5-6,11,14,16,19H,7-10,12-13H2,1-4H3. The average Bonchev–Trinajstić information content (AvgIpc) is 2.46. The molecule has 0 aliphatic carbocycles. The normalized spacial score (nSPS) is 16.4. The largest absolute Gasteiger partial charge is 0.381 e. The third-order valence-corrected chi connectivity index (χ3v) is 4.26. The molecule has 1 heterocycles. The van der Waals surface area contributed by atoms with Crippen LogP contribution in [-0.4, -0.2) is 32.8 Å². The molecule has 118 valence electrons. The number of anilines is 1. The van der Waals surface area contributed by atoms with Crippen molar-refractivity contribution in [3.05, 3.63) is 29.3 Å². The fourth-order valence-corrected chi connectivity index (χ4v) is 2.99. The maximum Gasteiger partial charge on any atom is 0.0469 e. The summed E-state index contributed by atoms with van der Waals surface area (Å²) in [4.78, 5) is 2.41. The first-order chi connectivity index (χ1) is 10.1. The molecule has 0 aromatic heterocycles. The highest BCUT2D eigenvalue weighted by atomic mass is 16.5. The van der Waals surface area contributed by atoms with E-state index in [0.717, 1.165) is 32.2 Å². The number of hydrogen-bond donors (Lipinski definition) is 1. The quantitative estimate of drug-likeness (QED) is 0.869. The van der Waals surface area contributed by atoms with Crippen molar-refractivity contribution in [2.75, 3.05) is 31.7 Å². The third kappa shape index (κ3) is 5.01. The van der Waals surface area contributed by atoms with E-state index in [1.54, 1.807) is 0 Å². The molecule has 0 saturated carbocycles. The van der Waals surface area contributed by atoms with Crippen LogP contribution in [0.2, 0.25) is 0 Å². The van der Waals surface area contributed by atoms with Crippen molar-refractivity contribution in [1.29, 1.82) is 0 Å². The van der Waals surface area contributed by atoms with Gasteiger partial charge in [-0.2, -0.15) is 0 Å². The van der Waals surface area contributed by atoms with Gasteiger partial charge in [0, 0.05) is 45.1 Å². The molecule has 0 atom stereocenters. The molecule has 1 N–H and O–H groups in total. The predicted octanol–water partition coefficient (Wildman–Crippen LogP) is 3.36. The molecular weight excluding hydrogens is 260 g/mol. The van der Waals surface area contributed by atoms with Crippen molar-refractivity contribution in [2.24, 2.45) is 5.92 Å². The molecule has 1 fully saturated rings. The van der Waals surface area contributed by atoms with Crippen LogP contribution in [-0.2, 0) is 11.3 Å². The lowest BCUT2D eigenvalue weighted by Gasteiger charge is -2.29. The first-order valence-electron chi connectivity index (χ1n) is 8.18. The zero-order valence-corrected chi connectivity index (χ0v) is 14.0. The van der Waals surface area contributed by atoms with Crippen LogP contribution >= 0.6 is 0 Å². The number of aryl methyl sites for hydroxylation is 1. The Bertz CT molecular complexity index is 439. The summed E-state index contributed by atoms with van der Waals surface area (Å²) in [5, 5.41) is 3.48. The highest BCUT2D eigenvalue weighted by molar-refractivity contribution is 5.54. The molecule has 1 saturated heterocycles. The van der Waals surface area contributed by atoms with Crippen molar-refractivity contribution >= 4 is 5.69 Å². The van der Waals surface area contributed by atoms with Crippen LogP contribution in [0.1, 0.15) is 37.8 Å². The van der Waals surface area contributed by atoms with Gasteiger partial charge in [0.15, 0.2) is 0 Å². The van der Waals surface area contributed by atoms with E-state index in [1.807, 2.05) is 0 Å². The smallest absolute Gasteiger partial charge is 0.0469 e. The first kappa shape index (κ1) is 16.3. The molecule has 2 rings (SSSR count). The summed E-state index contributed by atoms with van der Waals surface area (Å²) in [5.41, 5.74) is 4.09. The van der Waals surface area contributed by atoms with E-state index < -0.39 is 0 Å². The molecule has 0 radical (unpaired) electrons. The fourth-order valence-electron chi connectivity index (χ4n) is 2.99. The molecule has 1 aliphatic rings. The van der Waals surface area contributed by atoms with Gasteiger partial charge in [-0.05, 0) is 42.9 Å². The topological polar surface area (TPSA) is 24.5 Å². The molecule has 1 aromatic carbocycles. The van der Waals surface area contributed by atoms with Crippen LogP contribution in [0, 0.1) is 12.8 Å². The van der Waals surface area contributed by atoms with Crippen LogP contribution in [0.3, 0.4) is 0 Å². The van der Waals surface area contributed by atoms with Crippen LogP contribution in [0.15, 0.2) is 18.2 Å². The monoisotopic (exact) mass is 290 g/mol.